The summed E-state index contributed by atoms with van der Waals surface area (Å²) < 4.78 is 22.0. The second kappa shape index (κ2) is 9.42. The Hall–Kier alpha value is -3.37. The van der Waals surface area contributed by atoms with Crippen LogP contribution < -0.4 is 24.3 Å². The molecule has 0 fully saturated rings. The molecule has 0 radical (unpaired) electrons. The van der Waals surface area contributed by atoms with Gasteiger partial charge in [-0.05, 0) is 55.3 Å². The van der Waals surface area contributed by atoms with E-state index < -0.39 is 5.91 Å². The maximum Gasteiger partial charge on any atom is 0.262 e. The Kier molecular flexibility index (Phi) is 6.70. The minimum atomic E-state index is -0.453. The summed E-state index contributed by atoms with van der Waals surface area (Å²) in [6.07, 6.45) is 1.45. The van der Waals surface area contributed by atoms with Crippen LogP contribution in [0.4, 0.5) is 0 Å². The number of nitrogens with one attached hydrogen (secondary N) is 1. The van der Waals surface area contributed by atoms with Crippen molar-refractivity contribution in [3.8, 4) is 29.1 Å². The van der Waals surface area contributed by atoms with E-state index in [2.05, 4.69) is 5.32 Å². The van der Waals surface area contributed by atoms with E-state index in [-0.39, 0.29) is 25.0 Å². The monoisotopic (exact) mass is 428 g/mol. The first-order valence-electron chi connectivity index (χ1n) is 9.22. The number of hydrogen-bond acceptors (Lipinski definition) is 6. The number of rotatable bonds is 7. The van der Waals surface area contributed by atoms with Crippen molar-refractivity contribution in [2.24, 2.45) is 0 Å². The molecule has 30 heavy (non-hydrogen) atoms. The molecule has 0 saturated heterocycles. The number of benzene rings is 2. The molecule has 0 bridgehead atoms. The normalized spacial score (nSPS) is 12.5. The molecule has 0 spiro atoms. The van der Waals surface area contributed by atoms with E-state index in [1.54, 1.807) is 12.1 Å². The quantitative estimate of drug-likeness (QED) is 0.527. The van der Waals surface area contributed by atoms with E-state index >= 15 is 0 Å². The number of carbonyl (C=O) groups is 1. The van der Waals surface area contributed by atoms with E-state index in [4.69, 9.17) is 30.5 Å². The van der Waals surface area contributed by atoms with Crippen LogP contribution in [0.15, 0.2) is 35.9 Å². The van der Waals surface area contributed by atoms with E-state index in [9.17, 15) is 10.1 Å². The van der Waals surface area contributed by atoms with Gasteiger partial charge >= 0.3 is 0 Å². The summed E-state index contributed by atoms with van der Waals surface area (Å²) in [5.41, 5.74) is 1.39. The number of amides is 1. The molecule has 8 heteroatoms. The summed E-state index contributed by atoms with van der Waals surface area (Å²) in [5, 5.41) is 12.3. The first kappa shape index (κ1) is 21.3. The van der Waals surface area contributed by atoms with Gasteiger partial charge in [0.25, 0.3) is 5.91 Å². The lowest BCUT2D eigenvalue weighted by molar-refractivity contribution is -0.117. The third-order valence-corrected chi connectivity index (χ3v) is 4.45. The minimum Gasteiger partial charge on any atom is -0.493 e. The number of carbonyl (C=O) groups excluding carboxylic acids is 1. The van der Waals surface area contributed by atoms with Gasteiger partial charge in [-0.2, -0.15) is 5.26 Å². The van der Waals surface area contributed by atoms with Crippen molar-refractivity contribution in [1.29, 1.82) is 5.26 Å². The van der Waals surface area contributed by atoms with E-state index in [0.29, 0.717) is 33.6 Å². The van der Waals surface area contributed by atoms with E-state index in [1.807, 2.05) is 38.1 Å². The van der Waals surface area contributed by atoms with Crippen LogP contribution in [0.5, 0.6) is 23.0 Å². The van der Waals surface area contributed by atoms with Crippen molar-refractivity contribution in [2.45, 2.75) is 26.5 Å². The van der Waals surface area contributed by atoms with Crippen molar-refractivity contribution in [3.05, 3.63) is 52.1 Å². The molecule has 0 saturated carbocycles. The number of halogens is 1. The number of hydrogen-bond donors (Lipinski definition) is 1. The maximum absolute atomic E-state index is 12.1. The van der Waals surface area contributed by atoms with Crippen LogP contribution in [0.25, 0.3) is 6.08 Å². The number of nitrogens with zero attached hydrogens (tertiary/aromatic N) is 1. The standard InChI is InChI=1S/C22H21ClN2O5/c1-13(2)25-22(26)16(10-24)6-15-7-17(23)21(20(9-15)27-3)28-11-14-4-5-18-19(8-14)30-12-29-18/h4-9,13H,11-12H2,1-3H3,(H,25,26)/b16-6-. The van der Waals surface area contributed by atoms with Gasteiger partial charge < -0.3 is 24.3 Å². The molecule has 2 aromatic carbocycles. The number of methoxy groups -OCH3 is 1. The third kappa shape index (κ3) is 4.97. The Balaban J connectivity index is 1.81. The lowest BCUT2D eigenvalue weighted by Gasteiger charge is -2.14. The summed E-state index contributed by atoms with van der Waals surface area (Å²) in [4.78, 5) is 12.1. The number of fused-ring (bicyclic) bond motifs is 1. The molecule has 1 heterocycles. The highest BCUT2D eigenvalue weighted by Gasteiger charge is 2.16. The van der Waals surface area contributed by atoms with Crippen LogP contribution in [0.2, 0.25) is 5.02 Å². The van der Waals surface area contributed by atoms with Crippen LogP contribution in [0.1, 0.15) is 25.0 Å². The van der Waals surface area contributed by atoms with Gasteiger partial charge in [-0.15, -0.1) is 0 Å². The Morgan fingerprint density at radius 3 is 2.77 bits per heavy atom. The zero-order chi connectivity index (χ0) is 21.7. The molecule has 0 aromatic heterocycles. The fourth-order valence-corrected chi connectivity index (χ4v) is 3.08. The van der Waals surface area contributed by atoms with E-state index in [0.717, 1.165) is 5.56 Å². The molecule has 0 unspecified atom stereocenters. The molecule has 1 aliphatic rings. The van der Waals surface area contributed by atoms with Gasteiger partial charge in [-0.3, -0.25) is 4.79 Å². The predicted molar refractivity (Wildman–Crippen MR) is 112 cm³/mol. The average molecular weight is 429 g/mol. The summed E-state index contributed by atoms with van der Waals surface area (Å²) in [6, 6.07) is 10.6. The Labute approximate surface area is 179 Å². The zero-order valence-electron chi connectivity index (χ0n) is 16.8. The lowest BCUT2D eigenvalue weighted by Crippen LogP contribution is -2.30. The fraction of sp³-hybridized carbons (Fsp3) is 0.273. The molecule has 7 nitrogen and oxygen atoms in total. The fourth-order valence-electron chi connectivity index (χ4n) is 2.80. The zero-order valence-corrected chi connectivity index (χ0v) is 17.6. The summed E-state index contributed by atoms with van der Waals surface area (Å²) >= 11 is 6.40. The van der Waals surface area contributed by atoms with Gasteiger partial charge in [0.2, 0.25) is 6.79 Å². The van der Waals surface area contributed by atoms with E-state index in [1.165, 1.54) is 13.2 Å². The average Bonchev–Trinajstić information content (AvgIpc) is 3.18. The topological polar surface area (TPSA) is 89.8 Å². The Morgan fingerprint density at radius 1 is 1.30 bits per heavy atom. The SMILES string of the molecule is COc1cc(/C=C(/C#N)C(=O)NC(C)C)cc(Cl)c1OCc1ccc2c(c1)OCO2. The predicted octanol–water partition coefficient (Wildman–Crippen LogP) is 4.09. The highest BCUT2D eigenvalue weighted by atomic mass is 35.5. The summed E-state index contributed by atoms with van der Waals surface area (Å²) in [7, 11) is 1.49. The number of nitriles is 1. The molecule has 156 valence electrons. The molecule has 1 aliphatic heterocycles. The third-order valence-electron chi connectivity index (χ3n) is 4.17. The molecule has 1 amide bonds. The lowest BCUT2D eigenvalue weighted by atomic mass is 10.1. The first-order chi connectivity index (χ1) is 14.4. The van der Waals surface area contributed by atoms with Gasteiger partial charge in [-0.1, -0.05) is 17.7 Å². The van der Waals surface area contributed by atoms with Crippen LogP contribution in [0.3, 0.4) is 0 Å². The largest absolute Gasteiger partial charge is 0.493 e. The number of ether oxygens (including phenoxy) is 4. The van der Waals surface area contributed by atoms with Crippen molar-refractivity contribution < 1.29 is 23.7 Å². The van der Waals surface area contributed by atoms with Crippen LogP contribution in [0, 0.1) is 11.3 Å². The van der Waals surface area contributed by atoms with Gasteiger partial charge in [0.1, 0.15) is 18.2 Å². The van der Waals surface area contributed by atoms with Crippen molar-refractivity contribution in [3.63, 3.8) is 0 Å². The molecule has 2 aromatic rings. The molecular weight excluding hydrogens is 408 g/mol. The van der Waals surface area contributed by atoms with Crippen LogP contribution in [-0.4, -0.2) is 25.9 Å². The maximum atomic E-state index is 12.1. The highest BCUT2D eigenvalue weighted by Crippen LogP contribution is 2.38. The molecular formula is C22H21ClN2O5. The van der Waals surface area contributed by atoms with Crippen molar-refractivity contribution >= 4 is 23.6 Å². The van der Waals surface area contributed by atoms with Crippen LogP contribution in [-0.2, 0) is 11.4 Å². The smallest absolute Gasteiger partial charge is 0.262 e. The van der Waals surface area contributed by atoms with Crippen molar-refractivity contribution in [2.75, 3.05) is 13.9 Å². The molecule has 1 N–H and O–H groups in total. The summed E-state index contributed by atoms with van der Waals surface area (Å²) in [5.74, 6) is 1.65. The summed E-state index contributed by atoms with van der Waals surface area (Å²) in [6.45, 7) is 4.08. The second-order valence-corrected chi connectivity index (χ2v) is 7.22. The van der Waals surface area contributed by atoms with Crippen LogP contribution >= 0.6 is 11.6 Å². The molecule has 0 atom stereocenters. The second-order valence-electron chi connectivity index (χ2n) is 6.81. The van der Waals surface area contributed by atoms with Gasteiger partial charge in [0, 0.05) is 6.04 Å². The molecule has 3 rings (SSSR count). The van der Waals surface area contributed by atoms with Gasteiger partial charge in [-0.25, -0.2) is 0 Å². The van der Waals surface area contributed by atoms with Gasteiger partial charge in [0.05, 0.1) is 12.1 Å². The molecule has 0 aliphatic carbocycles. The van der Waals surface area contributed by atoms with Crippen molar-refractivity contribution in [1.82, 2.24) is 5.32 Å². The Bertz CT molecular complexity index is 1030. The first-order valence-corrected chi connectivity index (χ1v) is 9.60. The highest BCUT2D eigenvalue weighted by molar-refractivity contribution is 6.32. The Morgan fingerprint density at radius 2 is 2.07 bits per heavy atom. The van der Waals surface area contributed by atoms with Gasteiger partial charge in [0.15, 0.2) is 23.0 Å². The minimum absolute atomic E-state index is 0.0316.